The Morgan fingerprint density at radius 2 is 1.21 bits per heavy atom. The van der Waals surface area contributed by atoms with Gasteiger partial charge >= 0.3 is 203 Å². The maximum atomic E-state index is 10.5. The van der Waals surface area contributed by atoms with Crippen LogP contribution < -0.4 is 15.9 Å². The molecule has 0 aliphatic rings. The molecule has 4 heteroatoms. The number of aromatic hydroxyl groups is 1. The Morgan fingerprint density at radius 1 is 0.735 bits per heavy atom. The number of nitrogens with zero attached hydrogens (tertiary/aromatic N) is 1. The number of phenolic OH excluding ortho intramolecular Hbond substituents is 1. The fraction of sp³-hybridized carbons (Fsp3) is 0.167. The molecule has 0 aliphatic carbocycles. The van der Waals surface area contributed by atoms with E-state index in [0.29, 0.717) is 5.56 Å². The molecule has 2 N–H and O–H groups in total. The summed E-state index contributed by atoms with van der Waals surface area (Å²) in [5.74, 6) is 0.188. The van der Waals surface area contributed by atoms with Crippen molar-refractivity contribution in [2.45, 2.75) is 25.5 Å². The van der Waals surface area contributed by atoms with Crippen molar-refractivity contribution in [3.8, 4) is 5.75 Å². The van der Waals surface area contributed by atoms with E-state index >= 15 is 0 Å². The summed E-state index contributed by atoms with van der Waals surface area (Å²) in [6.07, 6.45) is 2.52. The first-order valence-corrected chi connectivity index (χ1v) is 13.8. The van der Waals surface area contributed by atoms with E-state index in [1.54, 1.807) is 12.3 Å². The maximum absolute atomic E-state index is 10.5. The van der Waals surface area contributed by atoms with Crippen LogP contribution in [-0.4, -0.2) is 28.6 Å². The second kappa shape index (κ2) is 10.3. The summed E-state index contributed by atoms with van der Waals surface area (Å²) in [6.45, 7) is 3.67. The molecule has 0 spiro atoms. The Hall–Kier alpha value is -3.26. The minimum absolute atomic E-state index is 0.0595. The van der Waals surface area contributed by atoms with Crippen LogP contribution in [0.1, 0.15) is 25.0 Å². The van der Waals surface area contributed by atoms with Crippen molar-refractivity contribution in [1.82, 2.24) is 0 Å². The molecule has 0 saturated heterocycles. The van der Waals surface area contributed by atoms with Gasteiger partial charge in [-0.15, -0.1) is 0 Å². The molecular weight excluding hydrogens is 437 g/mol. The molecule has 0 bridgehead atoms. The van der Waals surface area contributed by atoms with Crippen molar-refractivity contribution in [2.75, 3.05) is 6.61 Å². The Labute approximate surface area is 202 Å². The third-order valence-electron chi connectivity index (χ3n) is 6.30. The Kier molecular flexibility index (Phi) is 7.26. The van der Waals surface area contributed by atoms with Crippen LogP contribution in [0.3, 0.4) is 0 Å². The molecule has 0 unspecified atom stereocenters. The molecule has 0 amide bonds. The van der Waals surface area contributed by atoms with Gasteiger partial charge in [-0.2, -0.15) is 0 Å². The van der Waals surface area contributed by atoms with E-state index in [9.17, 15) is 10.2 Å². The number of aliphatic hydroxyl groups excluding tert-OH is 1. The van der Waals surface area contributed by atoms with Gasteiger partial charge in [0.05, 0.1) is 0 Å². The first-order valence-electron chi connectivity index (χ1n) is 11.6. The standard InChI is InChI=1S/C30H32NO2P/c1-30(2,23-32)31-21-25-20-24(18-19-29(25)33)22-34(26-12-6-3-7-13-26,27-14-8-4-9-15-27)28-16-10-5-11-17-28/h3-21,32-34H,22-23H2,1-2H3/b31-21+. The summed E-state index contributed by atoms with van der Waals surface area (Å²) in [5.41, 5.74) is 1.21. The van der Waals surface area contributed by atoms with Crippen LogP contribution in [0.4, 0.5) is 0 Å². The van der Waals surface area contributed by atoms with E-state index in [4.69, 9.17) is 0 Å². The number of hydrogen-bond donors (Lipinski definition) is 2. The third-order valence-corrected chi connectivity index (χ3v) is 11.2. The van der Waals surface area contributed by atoms with Crippen LogP contribution in [0, 0.1) is 0 Å². The zero-order chi connectivity index (χ0) is 24.0. The second-order valence-corrected chi connectivity index (χ2v) is 13.2. The molecule has 0 aliphatic heterocycles. The van der Waals surface area contributed by atoms with Gasteiger partial charge in [-0.05, 0) is 0 Å². The summed E-state index contributed by atoms with van der Waals surface area (Å²) in [4.78, 5) is 4.49. The van der Waals surface area contributed by atoms with Gasteiger partial charge in [-0.3, -0.25) is 0 Å². The molecule has 174 valence electrons. The van der Waals surface area contributed by atoms with Gasteiger partial charge in [0.25, 0.3) is 0 Å². The molecule has 0 aromatic heterocycles. The van der Waals surface area contributed by atoms with E-state index in [-0.39, 0.29) is 12.4 Å². The molecule has 0 radical (unpaired) electrons. The van der Waals surface area contributed by atoms with Crippen LogP contribution >= 0.6 is 7.26 Å². The zero-order valence-electron chi connectivity index (χ0n) is 19.7. The number of hydrogen-bond acceptors (Lipinski definition) is 3. The van der Waals surface area contributed by atoms with Crippen LogP contribution in [0.15, 0.2) is 114 Å². The Balaban J connectivity index is 1.89. The number of benzene rings is 4. The minimum atomic E-state index is -2.44. The van der Waals surface area contributed by atoms with E-state index in [1.165, 1.54) is 15.9 Å². The van der Waals surface area contributed by atoms with Gasteiger partial charge < -0.3 is 0 Å². The normalized spacial score (nSPS) is 12.7. The van der Waals surface area contributed by atoms with E-state index in [1.807, 2.05) is 26.0 Å². The first-order chi connectivity index (χ1) is 16.4. The zero-order valence-corrected chi connectivity index (χ0v) is 20.7. The van der Waals surface area contributed by atoms with Gasteiger partial charge in [0.2, 0.25) is 0 Å². The van der Waals surface area contributed by atoms with Crippen molar-refractivity contribution >= 4 is 29.4 Å². The van der Waals surface area contributed by atoms with Crippen molar-refractivity contribution < 1.29 is 10.2 Å². The van der Waals surface area contributed by atoms with E-state index in [2.05, 4.69) is 96.0 Å². The molecule has 0 heterocycles. The third kappa shape index (κ3) is 5.12. The van der Waals surface area contributed by atoms with Crippen LogP contribution in [0.5, 0.6) is 5.75 Å². The number of phenols is 1. The molecular formula is C30H32NO2P. The Morgan fingerprint density at radius 3 is 1.65 bits per heavy atom. The van der Waals surface area contributed by atoms with Crippen molar-refractivity contribution in [1.29, 1.82) is 0 Å². The Bertz CT molecular complexity index is 1140. The summed E-state index contributed by atoms with van der Waals surface area (Å²) in [5, 5.41) is 24.1. The molecule has 4 rings (SSSR count). The van der Waals surface area contributed by atoms with Gasteiger partial charge in [-0.1, -0.05) is 0 Å². The quantitative estimate of drug-likeness (QED) is 0.288. The van der Waals surface area contributed by atoms with E-state index in [0.717, 1.165) is 11.7 Å². The van der Waals surface area contributed by atoms with Gasteiger partial charge in [0, 0.05) is 0 Å². The molecule has 0 atom stereocenters. The summed E-state index contributed by atoms with van der Waals surface area (Å²) in [7, 11) is -2.44. The predicted octanol–water partition coefficient (Wildman–Crippen LogP) is 4.81. The molecule has 4 aromatic rings. The van der Waals surface area contributed by atoms with Crippen molar-refractivity contribution in [3.05, 3.63) is 120 Å². The molecule has 0 fully saturated rings. The molecule has 0 saturated carbocycles. The van der Waals surface area contributed by atoms with Crippen LogP contribution in [-0.2, 0) is 6.16 Å². The first kappa shape index (κ1) is 23.9. The summed E-state index contributed by atoms with van der Waals surface area (Å²) in [6, 6.07) is 38.2. The number of aliphatic hydroxyl groups is 1. The summed E-state index contributed by atoms with van der Waals surface area (Å²) < 4.78 is 0. The van der Waals surface area contributed by atoms with Gasteiger partial charge in [0.15, 0.2) is 0 Å². The fourth-order valence-electron chi connectivity index (χ4n) is 4.38. The van der Waals surface area contributed by atoms with Crippen molar-refractivity contribution in [3.63, 3.8) is 0 Å². The second-order valence-electron chi connectivity index (χ2n) is 9.30. The van der Waals surface area contributed by atoms with Gasteiger partial charge in [0.1, 0.15) is 0 Å². The topological polar surface area (TPSA) is 52.8 Å². The van der Waals surface area contributed by atoms with Crippen LogP contribution in [0.25, 0.3) is 0 Å². The summed E-state index contributed by atoms with van der Waals surface area (Å²) >= 11 is 0. The van der Waals surface area contributed by atoms with Crippen LogP contribution in [0.2, 0.25) is 0 Å². The average Bonchev–Trinajstić information content (AvgIpc) is 2.89. The predicted molar refractivity (Wildman–Crippen MR) is 147 cm³/mol. The monoisotopic (exact) mass is 469 g/mol. The average molecular weight is 470 g/mol. The fourth-order valence-corrected chi connectivity index (χ4v) is 9.11. The van der Waals surface area contributed by atoms with Gasteiger partial charge in [-0.25, -0.2) is 0 Å². The SMILES string of the molecule is CC(C)(CO)/N=C/c1cc(C[PH](c2ccccc2)(c2ccccc2)c2ccccc2)ccc1O. The number of aliphatic imine (C=N–C) groups is 1. The molecule has 34 heavy (non-hydrogen) atoms. The molecule has 3 nitrogen and oxygen atoms in total. The van der Waals surface area contributed by atoms with Crippen molar-refractivity contribution in [2.24, 2.45) is 4.99 Å². The van der Waals surface area contributed by atoms with E-state index < -0.39 is 12.8 Å². The molecule has 4 aromatic carbocycles. The number of rotatable bonds is 8.